The van der Waals surface area contributed by atoms with E-state index in [-0.39, 0.29) is 12.5 Å². The molecule has 1 aromatic heterocycles. The van der Waals surface area contributed by atoms with E-state index in [0.717, 1.165) is 22.0 Å². The Bertz CT molecular complexity index is 947. The highest BCUT2D eigenvalue weighted by molar-refractivity contribution is 6.06. The smallest absolute Gasteiger partial charge is 0.325 e. The lowest BCUT2D eigenvalue weighted by Crippen LogP contribution is -2.36. The summed E-state index contributed by atoms with van der Waals surface area (Å²) in [6, 6.07) is 16.9. The summed E-state index contributed by atoms with van der Waals surface area (Å²) >= 11 is 0. The number of amides is 1. The molecule has 0 saturated heterocycles. The van der Waals surface area contributed by atoms with Gasteiger partial charge in [0.05, 0.1) is 12.6 Å². The van der Waals surface area contributed by atoms with E-state index >= 15 is 0 Å². The first-order valence-corrected chi connectivity index (χ1v) is 8.34. The van der Waals surface area contributed by atoms with E-state index in [9.17, 15) is 9.59 Å². The molecule has 3 aromatic rings. The van der Waals surface area contributed by atoms with Crippen LogP contribution in [0.15, 0.2) is 60.8 Å². The van der Waals surface area contributed by atoms with E-state index in [2.05, 4.69) is 4.98 Å². The van der Waals surface area contributed by atoms with Crippen LogP contribution in [0.3, 0.4) is 0 Å². The Morgan fingerprint density at radius 3 is 2.62 bits per heavy atom. The van der Waals surface area contributed by atoms with Crippen molar-refractivity contribution in [1.29, 1.82) is 0 Å². The van der Waals surface area contributed by atoms with Gasteiger partial charge in [0.15, 0.2) is 0 Å². The van der Waals surface area contributed by atoms with Crippen LogP contribution in [0, 0.1) is 6.92 Å². The first-order chi connectivity index (χ1) is 12.6. The highest BCUT2D eigenvalue weighted by Crippen LogP contribution is 2.20. The van der Waals surface area contributed by atoms with Gasteiger partial charge in [0, 0.05) is 23.7 Å². The van der Waals surface area contributed by atoms with Gasteiger partial charge in [-0.2, -0.15) is 0 Å². The summed E-state index contributed by atoms with van der Waals surface area (Å²) in [5.41, 5.74) is 3.32. The Balaban J connectivity index is 1.98. The van der Waals surface area contributed by atoms with Gasteiger partial charge in [0.25, 0.3) is 5.91 Å². The van der Waals surface area contributed by atoms with E-state index in [1.54, 1.807) is 24.4 Å². The molecule has 0 N–H and O–H groups in total. The summed E-state index contributed by atoms with van der Waals surface area (Å²) in [6.07, 6.45) is 1.69. The number of hydrogen-bond acceptors (Lipinski definition) is 4. The molecule has 0 aliphatic heterocycles. The number of aromatic nitrogens is 1. The van der Waals surface area contributed by atoms with E-state index in [4.69, 9.17) is 4.74 Å². The molecular weight excluding hydrogens is 328 g/mol. The Morgan fingerprint density at radius 1 is 1.04 bits per heavy atom. The van der Waals surface area contributed by atoms with Crippen LogP contribution in [0.1, 0.15) is 21.5 Å². The average molecular weight is 348 g/mol. The first-order valence-electron chi connectivity index (χ1n) is 8.34. The number of fused-ring (bicyclic) bond motifs is 1. The molecule has 0 fully saturated rings. The second-order valence-corrected chi connectivity index (χ2v) is 6.04. The topological polar surface area (TPSA) is 59.5 Å². The average Bonchev–Trinajstić information content (AvgIpc) is 2.68. The number of aryl methyl sites for hydroxylation is 1. The van der Waals surface area contributed by atoms with Crippen LogP contribution in [0.5, 0.6) is 0 Å². The fourth-order valence-electron chi connectivity index (χ4n) is 2.87. The maximum absolute atomic E-state index is 13.2. The van der Waals surface area contributed by atoms with Gasteiger partial charge in [-0.25, -0.2) is 0 Å². The Labute approximate surface area is 152 Å². The molecule has 0 atom stereocenters. The van der Waals surface area contributed by atoms with Gasteiger partial charge in [-0.1, -0.05) is 36.4 Å². The molecule has 0 aliphatic rings. The van der Waals surface area contributed by atoms with Crippen LogP contribution < -0.4 is 0 Å². The molecule has 0 radical (unpaired) electrons. The van der Waals surface area contributed by atoms with Crippen molar-refractivity contribution in [2.75, 3.05) is 13.7 Å². The molecule has 5 heteroatoms. The quantitative estimate of drug-likeness (QED) is 0.664. The third-order valence-corrected chi connectivity index (χ3v) is 4.33. The SMILES string of the molecule is COC(=O)CN(Cc1ccccc1C)C(=O)c1cccc2ncccc12. The zero-order valence-corrected chi connectivity index (χ0v) is 14.8. The van der Waals surface area contributed by atoms with Crippen molar-refractivity contribution in [3.8, 4) is 0 Å². The van der Waals surface area contributed by atoms with Gasteiger partial charge in [0.2, 0.25) is 0 Å². The van der Waals surface area contributed by atoms with Crippen LogP contribution in [0.4, 0.5) is 0 Å². The second kappa shape index (κ2) is 7.78. The van der Waals surface area contributed by atoms with Crippen molar-refractivity contribution in [3.63, 3.8) is 0 Å². The molecule has 0 bridgehead atoms. The largest absolute Gasteiger partial charge is 0.468 e. The highest BCUT2D eigenvalue weighted by Gasteiger charge is 2.22. The van der Waals surface area contributed by atoms with Gasteiger partial charge < -0.3 is 9.64 Å². The molecular formula is C21H20N2O3. The molecule has 26 heavy (non-hydrogen) atoms. The number of benzene rings is 2. The van der Waals surface area contributed by atoms with E-state index in [0.29, 0.717) is 12.1 Å². The number of methoxy groups -OCH3 is 1. The Morgan fingerprint density at radius 2 is 1.85 bits per heavy atom. The van der Waals surface area contributed by atoms with Crippen molar-refractivity contribution in [1.82, 2.24) is 9.88 Å². The molecule has 5 nitrogen and oxygen atoms in total. The van der Waals surface area contributed by atoms with E-state index in [1.165, 1.54) is 12.0 Å². The standard InChI is InChI=1S/C21H20N2O3/c1-15-7-3-4-8-16(15)13-23(14-20(24)26-2)21(25)18-9-5-11-19-17(18)10-6-12-22-19/h3-12H,13-14H2,1-2H3. The third kappa shape index (κ3) is 3.72. The van der Waals surface area contributed by atoms with Gasteiger partial charge in [-0.15, -0.1) is 0 Å². The molecule has 0 aliphatic carbocycles. The number of carbonyl (C=O) groups excluding carboxylic acids is 2. The van der Waals surface area contributed by atoms with Crippen LogP contribution in [-0.2, 0) is 16.1 Å². The van der Waals surface area contributed by atoms with Crippen LogP contribution in [0.25, 0.3) is 10.9 Å². The predicted molar refractivity (Wildman–Crippen MR) is 99.7 cm³/mol. The van der Waals surface area contributed by atoms with Crippen molar-refractivity contribution in [3.05, 3.63) is 77.5 Å². The number of rotatable bonds is 5. The van der Waals surface area contributed by atoms with Gasteiger partial charge in [-0.05, 0) is 36.2 Å². The van der Waals surface area contributed by atoms with Crippen molar-refractivity contribution < 1.29 is 14.3 Å². The number of hydrogen-bond donors (Lipinski definition) is 0. The van der Waals surface area contributed by atoms with Gasteiger partial charge in [-0.3, -0.25) is 14.6 Å². The minimum Gasteiger partial charge on any atom is -0.468 e. The molecule has 1 amide bonds. The van der Waals surface area contributed by atoms with E-state index in [1.807, 2.05) is 43.3 Å². The molecule has 132 valence electrons. The lowest BCUT2D eigenvalue weighted by molar-refractivity contribution is -0.141. The third-order valence-electron chi connectivity index (χ3n) is 4.33. The molecule has 1 heterocycles. The molecule has 3 rings (SSSR count). The summed E-state index contributed by atoms with van der Waals surface area (Å²) < 4.78 is 4.78. The van der Waals surface area contributed by atoms with Crippen LogP contribution >= 0.6 is 0 Å². The summed E-state index contributed by atoms with van der Waals surface area (Å²) in [7, 11) is 1.32. The highest BCUT2D eigenvalue weighted by atomic mass is 16.5. The molecule has 0 unspecified atom stereocenters. The molecule has 0 spiro atoms. The van der Waals surface area contributed by atoms with Gasteiger partial charge in [0.1, 0.15) is 6.54 Å². The van der Waals surface area contributed by atoms with Crippen molar-refractivity contribution in [2.24, 2.45) is 0 Å². The fourth-order valence-corrected chi connectivity index (χ4v) is 2.87. The predicted octanol–water partition coefficient (Wildman–Crippen LogP) is 3.36. The fraction of sp³-hybridized carbons (Fsp3) is 0.190. The normalized spacial score (nSPS) is 10.5. The molecule has 0 saturated carbocycles. The maximum Gasteiger partial charge on any atom is 0.325 e. The lowest BCUT2D eigenvalue weighted by Gasteiger charge is -2.23. The summed E-state index contributed by atoms with van der Waals surface area (Å²) in [4.78, 5) is 30.9. The summed E-state index contributed by atoms with van der Waals surface area (Å²) in [5.74, 6) is -0.678. The zero-order valence-electron chi connectivity index (χ0n) is 14.8. The lowest BCUT2D eigenvalue weighted by atomic mass is 10.1. The number of esters is 1. The minimum absolute atomic E-state index is 0.111. The summed E-state index contributed by atoms with van der Waals surface area (Å²) in [5, 5.41) is 0.764. The van der Waals surface area contributed by atoms with Crippen molar-refractivity contribution >= 4 is 22.8 Å². The monoisotopic (exact) mass is 348 g/mol. The van der Waals surface area contributed by atoms with Gasteiger partial charge >= 0.3 is 5.97 Å². The van der Waals surface area contributed by atoms with Crippen LogP contribution in [0.2, 0.25) is 0 Å². The Hall–Kier alpha value is -3.21. The molecule has 2 aromatic carbocycles. The Kier molecular flexibility index (Phi) is 5.27. The van der Waals surface area contributed by atoms with Crippen LogP contribution in [-0.4, -0.2) is 35.4 Å². The zero-order chi connectivity index (χ0) is 18.5. The number of carbonyl (C=O) groups is 2. The number of nitrogens with zero attached hydrogens (tertiary/aromatic N) is 2. The minimum atomic E-state index is -0.453. The summed E-state index contributed by atoms with van der Waals surface area (Å²) in [6.45, 7) is 2.20. The van der Waals surface area contributed by atoms with E-state index < -0.39 is 5.97 Å². The number of pyridine rings is 1. The second-order valence-electron chi connectivity index (χ2n) is 6.04. The first kappa shape index (κ1) is 17.6. The number of ether oxygens (including phenoxy) is 1. The maximum atomic E-state index is 13.2. The van der Waals surface area contributed by atoms with Crippen molar-refractivity contribution in [2.45, 2.75) is 13.5 Å².